The fraction of sp³-hybridized carbons (Fsp3) is 0.417. The highest BCUT2D eigenvalue weighted by atomic mass is 16.5. The van der Waals surface area contributed by atoms with Gasteiger partial charge in [0.1, 0.15) is 0 Å². The molecule has 2 aliphatic rings. The number of para-hydroxylation sites is 1. The monoisotopic (exact) mass is 407 g/mol. The summed E-state index contributed by atoms with van der Waals surface area (Å²) < 4.78 is 5.83. The first-order chi connectivity index (χ1) is 14.5. The maximum atomic E-state index is 13.0. The minimum Gasteiger partial charge on any atom is -0.373 e. The van der Waals surface area contributed by atoms with Crippen molar-refractivity contribution in [1.29, 1.82) is 0 Å². The van der Waals surface area contributed by atoms with Crippen LogP contribution in [0.2, 0.25) is 0 Å². The van der Waals surface area contributed by atoms with Crippen LogP contribution in [0.4, 0.5) is 11.4 Å². The third kappa shape index (κ3) is 4.71. The second-order valence-electron chi connectivity index (χ2n) is 8.26. The highest BCUT2D eigenvalue weighted by molar-refractivity contribution is 6.06. The van der Waals surface area contributed by atoms with Crippen molar-refractivity contribution in [1.82, 2.24) is 4.90 Å². The molecule has 6 heteroatoms. The molecule has 0 spiro atoms. The van der Waals surface area contributed by atoms with Gasteiger partial charge in [0, 0.05) is 49.5 Å². The first-order valence-electron chi connectivity index (χ1n) is 10.7. The molecule has 2 aromatic carbocycles. The summed E-state index contributed by atoms with van der Waals surface area (Å²) in [5.74, 6) is -0.0495. The Labute approximate surface area is 177 Å². The fourth-order valence-corrected chi connectivity index (χ4v) is 4.37. The van der Waals surface area contributed by atoms with E-state index in [9.17, 15) is 9.59 Å². The Kier molecular flexibility index (Phi) is 6.16. The largest absolute Gasteiger partial charge is 0.373 e. The van der Waals surface area contributed by atoms with Crippen molar-refractivity contribution in [2.45, 2.75) is 45.4 Å². The van der Waals surface area contributed by atoms with Crippen LogP contribution in [0.15, 0.2) is 48.5 Å². The van der Waals surface area contributed by atoms with Crippen LogP contribution in [0.1, 0.15) is 42.6 Å². The van der Waals surface area contributed by atoms with Gasteiger partial charge in [-0.05, 0) is 50.1 Å². The predicted octanol–water partition coefficient (Wildman–Crippen LogP) is 3.67. The van der Waals surface area contributed by atoms with Crippen molar-refractivity contribution in [2.24, 2.45) is 0 Å². The van der Waals surface area contributed by atoms with Crippen LogP contribution in [0.5, 0.6) is 0 Å². The zero-order valence-electron chi connectivity index (χ0n) is 17.6. The van der Waals surface area contributed by atoms with Gasteiger partial charge in [0.15, 0.2) is 0 Å². The summed E-state index contributed by atoms with van der Waals surface area (Å²) in [5.41, 5.74) is 3.24. The number of amides is 2. The molecule has 4 rings (SSSR count). The second kappa shape index (κ2) is 8.98. The number of morpholine rings is 1. The summed E-state index contributed by atoms with van der Waals surface area (Å²) in [4.78, 5) is 29.1. The van der Waals surface area contributed by atoms with E-state index in [1.807, 2.05) is 30.3 Å². The standard InChI is InChI=1S/C24H29N3O3/c1-17-14-26(15-18(2)30-17)16-20-7-3-4-10-22(20)25-24(29)19-8-5-9-21(13-19)27-12-6-11-23(27)28/h3-5,7-10,13,17-18H,6,11-12,14-16H2,1-2H3,(H,25,29). The molecular formula is C24H29N3O3. The van der Waals surface area contributed by atoms with Gasteiger partial charge < -0.3 is 15.0 Å². The number of nitrogens with zero attached hydrogens (tertiary/aromatic N) is 2. The SMILES string of the molecule is CC1CN(Cc2ccccc2NC(=O)c2cccc(N3CCCC3=O)c2)CC(C)O1. The van der Waals surface area contributed by atoms with E-state index in [4.69, 9.17) is 4.74 Å². The molecule has 2 unspecified atom stereocenters. The number of ether oxygens (including phenoxy) is 1. The molecule has 2 aliphatic heterocycles. The molecule has 1 N–H and O–H groups in total. The number of benzene rings is 2. The van der Waals surface area contributed by atoms with Crippen molar-refractivity contribution in [3.05, 3.63) is 59.7 Å². The van der Waals surface area contributed by atoms with Crippen LogP contribution in [0.3, 0.4) is 0 Å². The van der Waals surface area contributed by atoms with E-state index in [1.54, 1.807) is 17.0 Å². The Bertz CT molecular complexity index is 919. The van der Waals surface area contributed by atoms with Crippen LogP contribution in [0.25, 0.3) is 0 Å². The van der Waals surface area contributed by atoms with Crippen molar-refractivity contribution in [3.63, 3.8) is 0 Å². The van der Waals surface area contributed by atoms with Gasteiger partial charge in [-0.15, -0.1) is 0 Å². The Morgan fingerprint density at radius 3 is 2.60 bits per heavy atom. The maximum Gasteiger partial charge on any atom is 0.255 e. The number of carbonyl (C=O) groups excluding carboxylic acids is 2. The van der Waals surface area contributed by atoms with Gasteiger partial charge in [0.05, 0.1) is 12.2 Å². The molecule has 6 nitrogen and oxygen atoms in total. The van der Waals surface area contributed by atoms with Crippen LogP contribution in [-0.4, -0.2) is 48.6 Å². The highest BCUT2D eigenvalue weighted by Crippen LogP contribution is 2.24. The third-order valence-electron chi connectivity index (χ3n) is 5.65. The smallest absolute Gasteiger partial charge is 0.255 e. The molecule has 0 saturated carbocycles. The van der Waals surface area contributed by atoms with Crippen molar-refractivity contribution in [3.8, 4) is 0 Å². The van der Waals surface area contributed by atoms with Gasteiger partial charge >= 0.3 is 0 Å². The topological polar surface area (TPSA) is 61.9 Å². The summed E-state index contributed by atoms with van der Waals surface area (Å²) in [6.45, 7) is 7.40. The van der Waals surface area contributed by atoms with Gasteiger partial charge in [0.25, 0.3) is 5.91 Å². The van der Waals surface area contributed by atoms with Gasteiger partial charge in [-0.3, -0.25) is 14.5 Å². The molecule has 2 amide bonds. The lowest BCUT2D eigenvalue weighted by molar-refractivity contribution is -0.117. The Balaban J connectivity index is 1.48. The number of hydrogen-bond donors (Lipinski definition) is 1. The number of rotatable bonds is 5. The van der Waals surface area contributed by atoms with Gasteiger partial charge in [-0.2, -0.15) is 0 Å². The van der Waals surface area contributed by atoms with E-state index in [1.165, 1.54) is 0 Å². The number of hydrogen-bond acceptors (Lipinski definition) is 4. The molecule has 0 aliphatic carbocycles. The lowest BCUT2D eigenvalue weighted by Crippen LogP contribution is -2.44. The minimum atomic E-state index is -0.167. The molecule has 2 atom stereocenters. The van der Waals surface area contributed by atoms with Gasteiger partial charge in [0.2, 0.25) is 5.91 Å². The zero-order chi connectivity index (χ0) is 21.1. The summed E-state index contributed by atoms with van der Waals surface area (Å²) >= 11 is 0. The second-order valence-corrected chi connectivity index (χ2v) is 8.26. The normalized spacial score (nSPS) is 22.3. The lowest BCUT2D eigenvalue weighted by atomic mass is 10.1. The van der Waals surface area contributed by atoms with E-state index in [2.05, 4.69) is 30.1 Å². The molecular weight excluding hydrogens is 378 g/mol. The number of carbonyl (C=O) groups is 2. The number of anilines is 2. The zero-order valence-corrected chi connectivity index (χ0v) is 17.6. The first-order valence-corrected chi connectivity index (χ1v) is 10.7. The fourth-order valence-electron chi connectivity index (χ4n) is 4.37. The molecule has 0 aromatic heterocycles. The van der Waals surface area contributed by atoms with E-state index < -0.39 is 0 Å². The maximum absolute atomic E-state index is 13.0. The molecule has 2 fully saturated rings. The number of nitrogens with one attached hydrogen (secondary N) is 1. The van der Waals surface area contributed by atoms with Crippen molar-refractivity contribution in [2.75, 3.05) is 29.9 Å². The highest BCUT2D eigenvalue weighted by Gasteiger charge is 2.24. The van der Waals surface area contributed by atoms with Crippen molar-refractivity contribution < 1.29 is 14.3 Å². The molecule has 30 heavy (non-hydrogen) atoms. The van der Waals surface area contributed by atoms with Crippen LogP contribution in [-0.2, 0) is 16.1 Å². The van der Waals surface area contributed by atoms with Crippen LogP contribution in [0, 0.1) is 0 Å². The average Bonchev–Trinajstić information content (AvgIpc) is 3.15. The molecule has 2 heterocycles. The van der Waals surface area contributed by atoms with Crippen LogP contribution < -0.4 is 10.2 Å². The molecule has 158 valence electrons. The molecule has 2 saturated heterocycles. The molecule has 0 bridgehead atoms. The minimum absolute atomic E-state index is 0.117. The summed E-state index contributed by atoms with van der Waals surface area (Å²) in [5, 5.41) is 3.07. The molecule has 2 aromatic rings. The third-order valence-corrected chi connectivity index (χ3v) is 5.65. The van der Waals surface area contributed by atoms with E-state index in [-0.39, 0.29) is 24.0 Å². The van der Waals surface area contributed by atoms with Crippen molar-refractivity contribution >= 4 is 23.2 Å². The Morgan fingerprint density at radius 1 is 1.10 bits per heavy atom. The quantitative estimate of drug-likeness (QED) is 0.821. The summed E-state index contributed by atoms with van der Waals surface area (Å²) in [6.07, 6.45) is 1.84. The van der Waals surface area contributed by atoms with E-state index >= 15 is 0 Å². The van der Waals surface area contributed by atoms with E-state index in [0.717, 1.165) is 43.0 Å². The van der Waals surface area contributed by atoms with Gasteiger partial charge in [-0.1, -0.05) is 24.3 Å². The van der Waals surface area contributed by atoms with Gasteiger partial charge in [-0.25, -0.2) is 0 Å². The Morgan fingerprint density at radius 2 is 1.87 bits per heavy atom. The first kappa shape index (κ1) is 20.6. The summed E-state index contributed by atoms with van der Waals surface area (Å²) in [6, 6.07) is 15.2. The molecule has 0 radical (unpaired) electrons. The van der Waals surface area contributed by atoms with Crippen LogP contribution >= 0.6 is 0 Å². The Hall–Kier alpha value is -2.70. The average molecular weight is 408 g/mol. The summed E-state index contributed by atoms with van der Waals surface area (Å²) in [7, 11) is 0. The lowest BCUT2D eigenvalue weighted by Gasteiger charge is -2.35. The predicted molar refractivity (Wildman–Crippen MR) is 118 cm³/mol. The van der Waals surface area contributed by atoms with E-state index in [0.29, 0.717) is 18.5 Å².